The van der Waals surface area contributed by atoms with E-state index in [4.69, 9.17) is 4.74 Å². The van der Waals surface area contributed by atoms with Crippen LogP contribution in [-0.2, 0) is 9.53 Å². The van der Waals surface area contributed by atoms with Gasteiger partial charge in [-0.05, 0) is 40.7 Å². The number of para-hydroxylation sites is 1. The van der Waals surface area contributed by atoms with Crippen LogP contribution < -0.4 is 5.32 Å². The maximum Gasteiger partial charge on any atom is 0.238 e. The zero-order chi connectivity index (χ0) is 21.0. The van der Waals surface area contributed by atoms with Gasteiger partial charge in [0.15, 0.2) is 0 Å². The number of nitrogens with one attached hydrogen (secondary N) is 1. The first-order valence-electron chi connectivity index (χ1n) is 10.4. The third-order valence-electron chi connectivity index (χ3n) is 5.40. The van der Waals surface area contributed by atoms with Crippen molar-refractivity contribution in [3.8, 4) is 0 Å². The van der Waals surface area contributed by atoms with E-state index in [1.54, 1.807) is 0 Å². The minimum Gasteiger partial charge on any atom is -0.371 e. The Hall–Kier alpha value is -1.69. The number of hydrogen-bond donors (Lipinski definition) is 1. The molecule has 1 heterocycles. The van der Waals surface area contributed by atoms with Gasteiger partial charge < -0.3 is 10.1 Å². The molecule has 1 fully saturated rings. The monoisotopic (exact) mass is 458 g/mol. The van der Waals surface area contributed by atoms with E-state index in [9.17, 15) is 4.79 Å². The number of carbonyl (C=O) groups is 1. The average Bonchev–Trinajstić information content (AvgIpc) is 2.68. The Balaban J connectivity index is 1.68. The molecule has 0 aromatic heterocycles. The summed E-state index contributed by atoms with van der Waals surface area (Å²) < 4.78 is 7.00. The fraction of sp³-hybridized carbons (Fsp3) is 0.458. The van der Waals surface area contributed by atoms with Crippen LogP contribution in [0.5, 0.6) is 0 Å². The van der Waals surface area contributed by atoms with Gasteiger partial charge in [0.05, 0.1) is 19.3 Å². The van der Waals surface area contributed by atoms with Gasteiger partial charge in [0.25, 0.3) is 0 Å². The van der Waals surface area contributed by atoms with Crippen LogP contribution in [0.3, 0.4) is 0 Å². The van der Waals surface area contributed by atoms with Crippen LogP contribution in [0.25, 0.3) is 0 Å². The molecule has 1 aliphatic rings. The standard InChI is InChI=1S/C24H31BrN2O2/c1-16(2)20-6-5-7-21(17(3)4)24(20)26-23(28)15-27-12-13-29-22(14-27)18-8-10-19(25)11-9-18/h5-11,16-17,22H,12-15H2,1-4H3,(H,26,28). The number of amides is 1. The number of halogens is 1. The van der Waals surface area contributed by atoms with Gasteiger partial charge in [0, 0.05) is 23.2 Å². The molecule has 2 aromatic rings. The van der Waals surface area contributed by atoms with E-state index >= 15 is 0 Å². The summed E-state index contributed by atoms with van der Waals surface area (Å²) in [7, 11) is 0. The van der Waals surface area contributed by atoms with E-state index in [1.165, 1.54) is 11.1 Å². The molecular weight excluding hydrogens is 428 g/mol. The molecule has 1 atom stereocenters. The summed E-state index contributed by atoms with van der Waals surface area (Å²) >= 11 is 3.47. The Morgan fingerprint density at radius 1 is 1.10 bits per heavy atom. The van der Waals surface area contributed by atoms with Crippen molar-refractivity contribution in [3.63, 3.8) is 0 Å². The van der Waals surface area contributed by atoms with E-state index in [1.807, 2.05) is 12.1 Å². The molecule has 0 bridgehead atoms. The number of rotatable bonds is 6. The third-order valence-corrected chi connectivity index (χ3v) is 5.93. The van der Waals surface area contributed by atoms with Gasteiger partial charge in [0.1, 0.15) is 0 Å². The Morgan fingerprint density at radius 3 is 2.31 bits per heavy atom. The van der Waals surface area contributed by atoms with Gasteiger partial charge in [0.2, 0.25) is 5.91 Å². The van der Waals surface area contributed by atoms with Crippen molar-refractivity contribution < 1.29 is 9.53 Å². The molecule has 0 aliphatic carbocycles. The smallest absolute Gasteiger partial charge is 0.238 e. The first-order valence-corrected chi connectivity index (χ1v) is 11.2. The topological polar surface area (TPSA) is 41.6 Å². The minimum absolute atomic E-state index is 0.00109. The lowest BCUT2D eigenvalue weighted by Gasteiger charge is -2.33. The van der Waals surface area contributed by atoms with E-state index in [0.717, 1.165) is 28.8 Å². The lowest BCUT2D eigenvalue weighted by molar-refractivity contribution is -0.119. The Kier molecular flexibility index (Phi) is 7.49. The maximum atomic E-state index is 12.9. The van der Waals surface area contributed by atoms with Crippen molar-refractivity contribution in [2.24, 2.45) is 0 Å². The molecule has 1 aliphatic heterocycles. The largest absolute Gasteiger partial charge is 0.371 e. The van der Waals surface area contributed by atoms with Crippen LogP contribution in [0.4, 0.5) is 5.69 Å². The second kappa shape index (κ2) is 9.88. The summed E-state index contributed by atoms with van der Waals surface area (Å²) in [4.78, 5) is 15.1. The molecule has 3 rings (SSSR count). The molecule has 4 nitrogen and oxygen atoms in total. The quantitative estimate of drug-likeness (QED) is 0.602. The molecule has 0 radical (unpaired) electrons. The van der Waals surface area contributed by atoms with Crippen molar-refractivity contribution >= 4 is 27.5 Å². The van der Waals surface area contributed by atoms with Crippen molar-refractivity contribution in [1.29, 1.82) is 0 Å². The van der Waals surface area contributed by atoms with E-state index < -0.39 is 0 Å². The second-order valence-corrected chi connectivity index (χ2v) is 9.23. The fourth-order valence-corrected chi connectivity index (χ4v) is 4.07. The fourth-order valence-electron chi connectivity index (χ4n) is 3.80. The molecule has 0 spiro atoms. The highest BCUT2D eigenvalue weighted by Crippen LogP contribution is 2.32. The summed E-state index contributed by atoms with van der Waals surface area (Å²) in [6.45, 7) is 11.2. The number of nitrogens with zero attached hydrogens (tertiary/aromatic N) is 1. The normalized spacial score (nSPS) is 17.7. The predicted octanol–water partition coefficient (Wildman–Crippen LogP) is 5.71. The van der Waals surface area contributed by atoms with Crippen LogP contribution in [0, 0.1) is 0 Å². The molecule has 2 aromatic carbocycles. The van der Waals surface area contributed by atoms with Crippen LogP contribution in [-0.4, -0.2) is 37.0 Å². The summed E-state index contributed by atoms with van der Waals surface area (Å²) in [6.07, 6.45) is -0.00109. The van der Waals surface area contributed by atoms with Crippen LogP contribution in [0.1, 0.15) is 62.3 Å². The van der Waals surface area contributed by atoms with Crippen LogP contribution >= 0.6 is 15.9 Å². The summed E-state index contributed by atoms with van der Waals surface area (Å²) in [5, 5.41) is 3.22. The second-order valence-electron chi connectivity index (χ2n) is 8.32. The SMILES string of the molecule is CC(C)c1cccc(C(C)C)c1NC(=O)CN1CCOC(c2ccc(Br)cc2)C1. The number of hydrogen-bond acceptors (Lipinski definition) is 3. The molecule has 1 unspecified atom stereocenters. The van der Waals surface area contributed by atoms with Gasteiger partial charge >= 0.3 is 0 Å². The lowest BCUT2D eigenvalue weighted by atomic mass is 9.92. The lowest BCUT2D eigenvalue weighted by Crippen LogP contribution is -2.42. The zero-order valence-electron chi connectivity index (χ0n) is 17.7. The molecule has 5 heteroatoms. The van der Waals surface area contributed by atoms with Crippen molar-refractivity contribution in [3.05, 3.63) is 63.6 Å². The van der Waals surface area contributed by atoms with Crippen molar-refractivity contribution in [1.82, 2.24) is 4.90 Å². The maximum absolute atomic E-state index is 12.9. The average molecular weight is 459 g/mol. The summed E-state index contributed by atoms with van der Waals surface area (Å²) in [5.41, 5.74) is 4.52. The molecular formula is C24H31BrN2O2. The number of anilines is 1. The van der Waals surface area contributed by atoms with Gasteiger partial charge in [-0.2, -0.15) is 0 Å². The Labute approximate surface area is 182 Å². The van der Waals surface area contributed by atoms with E-state index in [0.29, 0.717) is 25.0 Å². The van der Waals surface area contributed by atoms with Gasteiger partial charge in [-0.15, -0.1) is 0 Å². The Bertz CT molecular complexity index is 807. The predicted molar refractivity (Wildman–Crippen MR) is 123 cm³/mol. The van der Waals surface area contributed by atoms with Gasteiger partial charge in [-0.3, -0.25) is 9.69 Å². The van der Waals surface area contributed by atoms with Crippen LogP contribution in [0.15, 0.2) is 46.9 Å². The van der Waals surface area contributed by atoms with E-state index in [2.05, 4.69) is 84.2 Å². The molecule has 1 N–H and O–H groups in total. The first-order chi connectivity index (χ1) is 13.8. The molecule has 156 valence electrons. The summed E-state index contributed by atoms with van der Waals surface area (Å²) in [6, 6.07) is 14.5. The van der Waals surface area contributed by atoms with E-state index in [-0.39, 0.29) is 12.0 Å². The third kappa shape index (κ3) is 5.68. The highest BCUT2D eigenvalue weighted by Gasteiger charge is 2.24. The van der Waals surface area contributed by atoms with Crippen molar-refractivity contribution in [2.75, 3.05) is 31.6 Å². The highest BCUT2D eigenvalue weighted by atomic mass is 79.9. The minimum atomic E-state index is -0.00109. The molecule has 1 saturated heterocycles. The van der Waals surface area contributed by atoms with Gasteiger partial charge in [-0.1, -0.05) is 74.0 Å². The Morgan fingerprint density at radius 2 is 1.72 bits per heavy atom. The molecule has 0 saturated carbocycles. The van der Waals surface area contributed by atoms with Crippen molar-refractivity contribution in [2.45, 2.75) is 45.6 Å². The number of benzene rings is 2. The van der Waals surface area contributed by atoms with Crippen LogP contribution in [0.2, 0.25) is 0 Å². The number of carbonyl (C=O) groups excluding carboxylic acids is 1. The highest BCUT2D eigenvalue weighted by molar-refractivity contribution is 9.10. The molecule has 1 amide bonds. The summed E-state index contributed by atoms with van der Waals surface area (Å²) in [5.74, 6) is 0.750. The number of morpholine rings is 1. The number of ether oxygens (including phenoxy) is 1. The first kappa shape index (κ1) is 22.0. The van der Waals surface area contributed by atoms with Gasteiger partial charge in [-0.25, -0.2) is 0 Å². The zero-order valence-corrected chi connectivity index (χ0v) is 19.3. The molecule has 29 heavy (non-hydrogen) atoms.